The monoisotopic (exact) mass is 380 g/mol. The number of nitrogens with zero attached hydrogens (tertiary/aromatic N) is 2. The second-order valence-electron chi connectivity index (χ2n) is 5.71. The lowest BCUT2D eigenvalue weighted by atomic mass is 10.1. The van der Waals surface area contributed by atoms with E-state index >= 15 is 0 Å². The van der Waals surface area contributed by atoms with Crippen LogP contribution in [0.4, 0.5) is 0 Å². The minimum absolute atomic E-state index is 0.270. The predicted octanol–water partition coefficient (Wildman–Crippen LogP) is 2.87. The first-order chi connectivity index (χ1) is 13.6. The Kier molecular flexibility index (Phi) is 5.91. The summed E-state index contributed by atoms with van der Waals surface area (Å²) in [4.78, 5) is 12.3. The Morgan fingerprint density at radius 1 is 1.00 bits per heavy atom. The van der Waals surface area contributed by atoms with E-state index in [1.807, 2.05) is 24.3 Å². The van der Waals surface area contributed by atoms with Gasteiger partial charge in [-0.2, -0.15) is 10.2 Å². The first-order valence-corrected chi connectivity index (χ1v) is 8.40. The summed E-state index contributed by atoms with van der Waals surface area (Å²) in [6, 6.07) is 14.3. The molecule has 0 unspecified atom stereocenters. The maximum atomic E-state index is 12.3. The Morgan fingerprint density at radius 3 is 2.39 bits per heavy atom. The molecule has 0 saturated carbocycles. The Morgan fingerprint density at radius 2 is 1.71 bits per heavy atom. The third-order valence-corrected chi connectivity index (χ3v) is 4.00. The zero-order valence-electron chi connectivity index (χ0n) is 15.7. The van der Waals surface area contributed by atoms with Crippen LogP contribution in [0.15, 0.2) is 53.6 Å². The van der Waals surface area contributed by atoms with E-state index < -0.39 is 5.91 Å². The molecule has 3 rings (SSSR count). The van der Waals surface area contributed by atoms with Crippen LogP contribution in [0.3, 0.4) is 0 Å². The third kappa shape index (κ3) is 4.29. The van der Waals surface area contributed by atoms with Gasteiger partial charge in [0.1, 0.15) is 22.9 Å². The van der Waals surface area contributed by atoms with Crippen LogP contribution in [0.25, 0.3) is 11.3 Å². The minimum Gasteiger partial charge on any atom is -0.497 e. The standard InChI is InChI=1S/C20H20N4O4/c1-26-14-6-4-13(5-7-14)12-21-24-20(25)18-11-17(22-23-18)16-10-15(27-2)8-9-19(16)28-3/h4-12H,1-3H3,(H,22,23)(H,24,25)/b21-12-. The van der Waals surface area contributed by atoms with E-state index in [1.165, 1.54) is 0 Å². The van der Waals surface area contributed by atoms with Gasteiger partial charge in [0.05, 0.1) is 33.2 Å². The van der Waals surface area contributed by atoms with Crippen LogP contribution < -0.4 is 19.6 Å². The van der Waals surface area contributed by atoms with Crippen molar-refractivity contribution in [2.24, 2.45) is 5.10 Å². The van der Waals surface area contributed by atoms with Gasteiger partial charge >= 0.3 is 0 Å². The first-order valence-electron chi connectivity index (χ1n) is 8.40. The molecule has 8 nitrogen and oxygen atoms in total. The van der Waals surface area contributed by atoms with Gasteiger partial charge in [0, 0.05) is 5.56 Å². The van der Waals surface area contributed by atoms with E-state index in [-0.39, 0.29) is 5.69 Å². The molecule has 2 aromatic carbocycles. The average molecular weight is 380 g/mol. The van der Waals surface area contributed by atoms with E-state index in [1.54, 1.807) is 51.8 Å². The number of carbonyl (C=O) groups excluding carboxylic acids is 1. The van der Waals surface area contributed by atoms with Gasteiger partial charge in [-0.25, -0.2) is 5.43 Å². The number of hydrogen-bond donors (Lipinski definition) is 2. The second-order valence-corrected chi connectivity index (χ2v) is 5.71. The number of amides is 1. The number of nitrogens with one attached hydrogen (secondary N) is 2. The summed E-state index contributed by atoms with van der Waals surface area (Å²) in [7, 11) is 4.75. The molecule has 28 heavy (non-hydrogen) atoms. The number of aromatic amines is 1. The zero-order chi connectivity index (χ0) is 19.9. The molecular weight excluding hydrogens is 360 g/mol. The third-order valence-electron chi connectivity index (χ3n) is 4.00. The van der Waals surface area contributed by atoms with Gasteiger partial charge in [0.15, 0.2) is 0 Å². The van der Waals surface area contributed by atoms with Crippen LogP contribution in [-0.4, -0.2) is 43.6 Å². The van der Waals surface area contributed by atoms with Crippen molar-refractivity contribution in [3.8, 4) is 28.5 Å². The topological polar surface area (TPSA) is 97.8 Å². The van der Waals surface area contributed by atoms with Crippen molar-refractivity contribution in [3.05, 3.63) is 59.8 Å². The van der Waals surface area contributed by atoms with Crippen LogP contribution in [0, 0.1) is 0 Å². The summed E-state index contributed by atoms with van der Waals surface area (Å²) in [6.07, 6.45) is 1.54. The molecule has 0 saturated heterocycles. The van der Waals surface area contributed by atoms with E-state index in [0.29, 0.717) is 22.8 Å². The largest absolute Gasteiger partial charge is 0.497 e. The number of hydrogen-bond acceptors (Lipinski definition) is 6. The van der Waals surface area contributed by atoms with Gasteiger partial charge in [-0.15, -0.1) is 0 Å². The maximum absolute atomic E-state index is 12.3. The Labute approximate surface area is 162 Å². The molecule has 0 aliphatic heterocycles. The molecule has 2 N–H and O–H groups in total. The number of hydrazone groups is 1. The molecular formula is C20H20N4O4. The smallest absolute Gasteiger partial charge is 0.289 e. The number of aromatic nitrogens is 2. The molecule has 1 amide bonds. The Balaban J connectivity index is 1.71. The highest BCUT2D eigenvalue weighted by atomic mass is 16.5. The second kappa shape index (κ2) is 8.72. The van der Waals surface area contributed by atoms with Gasteiger partial charge in [-0.3, -0.25) is 9.89 Å². The van der Waals surface area contributed by atoms with E-state index in [4.69, 9.17) is 14.2 Å². The molecule has 0 aliphatic carbocycles. The lowest BCUT2D eigenvalue weighted by molar-refractivity contribution is 0.0950. The molecule has 144 valence electrons. The maximum Gasteiger partial charge on any atom is 0.289 e. The van der Waals surface area contributed by atoms with Gasteiger partial charge in [0.2, 0.25) is 0 Å². The molecule has 0 bridgehead atoms. The quantitative estimate of drug-likeness (QED) is 0.485. The van der Waals surface area contributed by atoms with E-state index in [2.05, 4.69) is 20.7 Å². The molecule has 3 aromatic rings. The fourth-order valence-corrected chi connectivity index (χ4v) is 2.51. The summed E-state index contributed by atoms with van der Waals surface area (Å²) in [6.45, 7) is 0. The van der Waals surface area contributed by atoms with Crippen molar-refractivity contribution in [1.82, 2.24) is 15.6 Å². The normalized spacial score (nSPS) is 10.7. The molecule has 8 heteroatoms. The summed E-state index contributed by atoms with van der Waals surface area (Å²) >= 11 is 0. The molecule has 0 radical (unpaired) electrons. The fraction of sp³-hybridized carbons (Fsp3) is 0.150. The van der Waals surface area contributed by atoms with Crippen molar-refractivity contribution >= 4 is 12.1 Å². The highest BCUT2D eigenvalue weighted by Gasteiger charge is 2.14. The highest BCUT2D eigenvalue weighted by molar-refractivity contribution is 5.94. The SMILES string of the molecule is COc1ccc(/C=N\NC(=O)c2cc(-c3cc(OC)ccc3OC)n[nH]2)cc1. The van der Waals surface area contributed by atoms with Crippen LogP contribution >= 0.6 is 0 Å². The summed E-state index contributed by atoms with van der Waals surface area (Å²) in [5.41, 5.74) is 4.82. The lowest BCUT2D eigenvalue weighted by Gasteiger charge is -2.08. The van der Waals surface area contributed by atoms with Crippen molar-refractivity contribution in [1.29, 1.82) is 0 Å². The summed E-state index contributed by atoms with van der Waals surface area (Å²) in [5, 5.41) is 10.9. The fourth-order valence-electron chi connectivity index (χ4n) is 2.51. The number of carbonyl (C=O) groups is 1. The van der Waals surface area contributed by atoms with Crippen LogP contribution in [0.2, 0.25) is 0 Å². The number of H-pyrrole nitrogens is 1. The number of ether oxygens (including phenoxy) is 3. The van der Waals surface area contributed by atoms with Gasteiger partial charge in [-0.1, -0.05) is 0 Å². The summed E-state index contributed by atoms with van der Waals surface area (Å²) in [5.74, 6) is 1.62. The Bertz CT molecular complexity index is 980. The van der Waals surface area contributed by atoms with Crippen molar-refractivity contribution in [3.63, 3.8) is 0 Å². The average Bonchev–Trinajstić information content (AvgIpc) is 3.24. The molecule has 1 heterocycles. The lowest BCUT2D eigenvalue weighted by Crippen LogP contribution is -2.17. The van der Waals surface area contributed by atoms with Crippen LogP contribution in [0.1, 0.15) is 16.1 Å². The first kappa shape index (κ1) is 19.0. The number of benzene rings is 2. The van der Waals surface area contributed by atoms with Gasteiger partial charge in [-0.05, 0) is 54.1 Å². The van der Waals surface area contributed by atoms with Gasteiger partial charge in [0.25, 0.3) is 5.91 Å². The molecule has 1 aromatic heterocycles. The Hall–Kier alpha value is -3.81. The summed E-state index contributed by atoms with van der Waals surface area (Å²) < 4.78 is 15.7. The van der Waals surface area contributed by atoms with Gasteiger partial charge < -0.3 is 14.2 Å². The predicted molar refractivity (Wildman–Crippen MR) is 105 cm³/mol. The number of methoxy groups -OCH3 is 3. The molecule has 0 atom stereocenters. The van der Waals surface area contributed by atoms with Crippen LogP contribution in [0.5, 0.6) is 17.2 Å². The minimum atomic E-state index is -0.412. The molecule has 0 spiro atoms. The molecule has 0 aliphatic rings. The highest BCUT2D eigenvalue weighted by Crippen LogP contribution is 2.32. The van der Waals surface area contributed by atoms with Crippen molar-refractivity contribution in [2.75, 3.05) is 21.3 Å². The number of rotatable bonds is 7. The van der Waals surface area contributed by atoms with Crippen molar-refractivity contribution in [2.45, 2.75) is 0 Å². The molecule has 0 fully saturated rings. The zero-order valence-corrected chi connectivity index (χ0v) is 15.7. The van der Waals surface area contributed by atoms with Crippen molar-refractivity contribution < 1.29 is 19.0 Å². The van der Waals surface area contributed by atoms with E-state index in [9.17, 15) is 4.79 Å². The van der Waals surface area contributed by atoms with E-state index in [0.717, 1.165) is 11.3 Å². The van der Waals surface area contributed by atoms with Crippen LogP contribution in [-0.2, 0) is 0 Å².